The topological polar surface area (TPSA) is 104 Å². The van der Waals surface area contributed by atoms with Crippen LogP contribution in [0.15, 0.2) is 0 Å². The number of unbranched alkanes of at least 4 members (excludes halogenated alkanes) is 4. The maximum absolute atomic E-state index is 12.2. The molecule has 1 aromatic rings. The van der Waals surface area contributed by atoms with Crippen LogP contribution in [0.3, 0.4) is 0 Å². The third-order valence-corrected chi connectivity index (χ3v) is 4.45. The molecule has 0 bridgehead atoms. The van der Waals surface area contributed by atoms with Crippen LogP contribution >= 0.6 is 0 Å². The molecule has 0 saturated heterocycles. The summed E-state index contributed by atoms with van der Waals surface area (Å²) in [5.74, 6) is -2.63. The highest BCUT2D eigenvalue weighted by atomic mass is 16.4. The van der Waals surface area contributed by atoms with Gasteiger partial charge in [0.05, 0.1) is 11.1 Å². The minimum atomic E-state index is -1.20. The highest BCUT2D eigenvalue weighted by Crippen LogP contribution is 2.31. The summed E-state index contributed by atoms with van der Waals surface area (Å²) < 4.78 is 0. The van der Waals surface area contributed by atoms with Gasteiger partial charge in [-0.05, 0) is 43.9 Å². The van der Waals surface area contributed by atoms with Crippen LogP contribution in [0, 0.1) is 20.8 Å². The molecule has 0 saturated carbocycles. The Hall–Kier alpha value is -2.37. The van der Waals surface area contributed by atoms with Gasteiger partial charge in [-0.3, -0.25) is 4.79 Å². The number of carboxylic acid groups (broad SMARTS) is 2. The smallest absolute Gasteiger partial charge is 0.336 e. The third kappa shape index (κ3) is 8.67. The Labute approximate surface area is 175 Å². The molecular weight excluding hydrogens is 370 g/mol. The number of carbonyl (C=O) groups excluding carboxylic acids is 1. The second-order valence-electron chi connectivity index (χ2n) is 6.32. The Kier molecular flexibility index (Phi) is 15.5. The quantitative estimate of drug-likeness (QED) is 0.412. The van der Waals surface area contributed by atoms with Gasteiger partial charge in [0.1, 0.15) is 0 Å². The zero-order valence-corrected chi connectivity index (χ0v) is 19.4. The zero-order chi connectivity index (χ0) is 23.1. The molecule has 166 valence electrons. The van der Waals surface area contributed by atoms with Crippen LogP contribution in [0.4, 0.5) is 5.69 Å². The third-order valence-electron chi connectivity index (χ3n) is 4.45. The van der Waals surface area contributed by atoms with Gasteiger partial charge in [0.15, 0.2) is 0 Å². The summed E-state index contributed by atoms with van der Waals surface area (Å²) in [5.41, 5.74) is 1.12. The van der Waals surface area contributed by atoms with E-state index in [0.717, 1.165) is 32.1 Å². The highest BCUT2D eigenvalue weighted by Gasteiger charge is 2.25. The minimum Gasteiger partial charge on any atom is -0.478 e. The van der Waals surface area contributed by atoms with E-state index in [9.17, 15) is 24.6 Å². The van der Waals surface area contributed by atoms with E-state index in [1.165, 1.54) is 6.92 Å². The molecule has 1 amide bonds. The van der Waals surface area contributed by atoms with Gasteiger partial charge in [-0.1, -0.05) is 60.3 Å². The van der Waals surface area contributed by atoms with Crippen molar-refractivity contribution in [2.45, 2.75) is 93.9 Å². The largest absolute Gasteiger partial charge is 0.478 e. The molecule has 6 nitrogen and oxygen atoms in total. The first-order chi connectivity index (χ1) is 13.7. The van der Waals surface area contributed by atoms with Gasteiger partial charge in [-0.2, -0.15) is 0 Å². The van der Waals surface area contributed by atoms with Crippen LogP contribution in [0.5, 0.6) is 0 Å². The lowest BCUT2D eigenvalue weighted by molar-refractivity contribution is -0.116. The lowest BCUT2D eigenvalue weighted by Crippen LogP contribution is -2.19. The number of hydrogen-bond donors (Lipinski definition) is 3. The average Bonchev–Trinajstić information content (AvgIpc) is 2.67. The molecular formula is C23H39NO5. The van der Waals surface area contributed by atoms with E-state index in [4.69, 9.17) is 0 Å². The summed E-state index contributed by atoms with van der Waals surface area (Å²) in [6.07, 6.45) is 5.41. The van der Waals surface area contributed by atoms with Crippen LogP contribution < -0.4 is 5.32 Å². The van der Waals surface area contributed by atoms with E-state index in [1.807, 2.05) is 27.7 Å². The Morgan fingerprint density at radius 2 is 1.14 bits per heavy atom. The Morgan fingerprint density at radius 1 is 0.724 bits per heavy atom. The molecule has 0 fully saturated rings. The molecule has 0 aromatic heterocycles. The molecule has 0 aliphatic heterocycles. The van der Waals surface area contributed by atoms with Crippen molar-refractivity contribution >= 4 is 23.5 Å². The number of anilines is 1. The summed E-state index contributed by atoms with van der Waals surface area (Å²) in [7, 11) is 0. The molecule has 0 aliphatic carbocycles. The fourth-order valence-electron chi connectivity index (χ4n) is 3.14. The van der Waals surface area contributed by atoms with Gasteiger partial charge in [0, 0.05) is 12.1 Å². The van der Waals surface area contributed by atoms with Gasteiger partial charge in [0.2, 0.25) is 5.91 Å². The van der Waals surface area contributed by atoms with Crippen LogP contribution in [0.2, 0.25) is 0 Å². The van der Waals surface area contributed by atoms with Crippen LogP contribution in [-0.2, 0) is 4.79 Å². The molecule has 3 N–H and O–H groups in total. The van der Waals surface area contributed by atoms with Crippen molar-refractivity contribution in [1.29, 1.82) is 0 Å². The second-order valence-corrected chi connectivity index (χ2v) is 6.32. The van der Waals surface area contributed by atoms with Crippen LogP contribution in [-0.4, -0.2) is 28.1 Å². The number of benzene rings is 1. The molecule has 0 radical (unpaired) electrons. The number of carbonyl (C=O) groups is 3. The van der Waals surface area contributed by atoms with E-state index < -0.39 is 11.9 Å². The summed E-state index contributed by atoms with van der Waals surface area (Å²) in [6, 6.07) is 0. The summed E-state index contributed by atoms with van der Waals surface area (Å²) in [6.45, 7) is 14.8. The minimum absolute atomic E-state index is 0.0683. The van der Waals surface area contributed by atoms with Crippen molar-refractivity contribution in [2.75, 3.05) is 5.32 Å². The standard InChI is InChI=1S/C19H27NO5.2C2H6/c1-5-6-7-8-9-10-14(21)20-17-12(3)15(18(22)23)11(2)16(13(17)4)19(24)25;2*1-2/h5-10H2,1-4H3,(H,20,21)(H,22,23)(H,24,25);2*1-2H3. The maximum atomic E-state index is 12.2. The molecule has 0 atom stereocenters. The normalized spacial score (nSPS) is 9.52. The van der Waals surface area contributed by atoms with Crippen molar-refractivity contribution < 1.29 is 24.6 Å². The lowest BCUT2D eigenvalue weighted by Gasteiger charge is -2.19. The predicted octanol–water partition coefficient (Wildman–Crippen LogP) is 6.36. The number of rotatable bonds is 9. The Balaban J connectivity index is 0. The molecule has 6 heteroatoms. The monoisotopic (exact) mass is 409 g/mol. The highest BCUT2D eigenvalue weighted by molar-refractivity contribution is 6.04. The fraction of sp³-hybridized carbons (Fsp3) is 0.609. The van der Waals surface area contributed by atoms with Crippen molar-refractivity contribution in [2.24, 2.45) is 0 Å². The van der Waals surface area contributed by atoms with Gasteiger partial charge in [0.25, 0.3) is 0 Å². The van der Waals surface area contributed by atoms with Gasteiger partial charge >= 0.3 is 11.9 Å². The molecule has 29 heavy (non-hydrogen) atoms. The maximum Gasteiger partial charge on any atom is 0.336 e. The number of carboxylic acids is 2. The number of aromatic carboxylic acids is 2. The van der Waals surface area contributed by atoms with Gasteiger partial charge in [-0.15, -0.1) is 0 Å². The van der Waals surface area contributed by atoms with Crippen molar-refractivity contribution in [3.63, 3.8) is 0 Å². The SMILES string of the molecule is CC.CC.CCCCCCCC(=O)Nc1c(C)c(C(=O)O)c(C)c(C(=O)O)c1C. The Bertz CT molecular complexity index is 639. The fourth-order valence-corrected chi connectivity index (χ4v) is 3.14. The summed E-state index contributed by atoms with van der Waals surface area (Å²) in [5, 5.41) is 21.6. The number of nitrogens with one attached hydrogen (secondary N) is 1. The average molecular weight is 410 g/mol. The number of amides is 1. The molecule has 0 unspecified atom stereocenters. The Morgan fingerprint density at radius 3 is 1.52 bits per heavy atom. The van der Waals surface area contributed by atoms with Gasteiger partial charge < -0.3 is 15.5 Å². The molecule has 0 spiro atoms. The zero-order valence-electron chi connectivity index (χ0n) is 19.4. The van der Waals surface area contributed by atoms with E-state index in [1.54, 1.807) is 13.8 Å². The number of hydrogen-bond acceptors (Lipinski definition) is 3. The van der Waals surface area contributed by atoms with E-state index in [2.05, 4.69) is 12.2 Å². The van der Waals surface area contributed by atoms with E-state index >= 15 is 0 Å². The first kappa shape index (κ1) is 28.8. The first-order valence-corrected chi connectivity index (χ1v) is 10.6. The predicted molar refractivity (Wildman–Crippen MR) is 119 cm³/mol. The van der Waals surface area contributed by atoms with Crippen LogP contribution in [0.1, 0.15) is 111 Å². The van der Waals surface area contributed by atoms with Crippen molar-refractivity contribution in [3.05, 3.63) is 27.8 Å². The van der Waals surface area contributed by atoms with Gasteiger partial charge in [-0.25, -0.2) is 9.59 Å². The van der Waals surface area contributed by atoms with Crippen molar-refractivity contribution in [3.8, 4) is 0 Å². The molecule has 1 aromatic carbocycles. The van der Waals surface area contributed by atoms with E-state index in [-0.39, 0.29) is 22.6 Å². The summed E-state index contributed by atoms with van der Waals surface area (Å²) >= 11 is 0. The molecule has 0 heterocycles. The molecule has 0 aliphatic rings. The summed E-state index contributed by atoms with van der Waals surface area (Å²) in [4.78, 5) is 35.3. The van der Waals surface area contributed by atoms with E-state index in [0.29, 0.717) is 23.2 Å². The second kappa shape index (κ2) is 15.5. The molecule has 1 rings (SSSR count). The van der Waals surface area contributed by atoms with Crippen LogP contribution in [0.25, 0.3) is 0 Å². The lowest BCUT2D eigenvalue weighted by atomic mass is 9.91. The van der Waals surface area contributed by atoms with Crippen molar-refractivity contribution in [1.82, 2.24) is 0 Å². The first-order valence-electron chi connectivity index (χ1n) is 10.6.